The van der Waals surface area contributed by atoms with Gasteiger partial charge in [0, 0.05) is 39.0 Å². The van der Waals surface area contributed by atoms with Gasteiger partial charge in [0.2, 0.25) is 5.43 Å². The number of halogens is 2. The van der Waals surface area contributed by atoms with E-state index < -0.39 is 34.3 Å². The van der Waals surface area contributed by atoms with Gasteiger partial charge in [-0.3, -0.25) is 14.4 Å². The number of aromatic hydroxyl groups is 1. The van der Waals surface area contributed by atoms with E-state index >= 15 is 0 Å². The molecule has 1 aromatic carbocycles. The highest BCUT2D eigenvalue weighted by Crippen LogP contribution is 2.45. The predicted molar refractivity (Wildman–Crippen MR) is 110 cm³/mol. The summed E-state index contributed by atoms with van der Waals surface area (Å²) in [4.78, 5) is 39.5. The lowest BCUT2D eigenvalue weighted by molar-refractivity contribution is -0.0673. The Labute approximate surface area is 182 Å². The molecule has 1 aliphatic carbocycles. The summed E-state index contributed by atoms with van der Waals surface area (Å²) in [6.45, 7) is 0.154. The number of aromatic nitrogens is 1. The Morgan fingerprint density at radius 3 is 2.77 bits per heavy atom. The standard InChI is InChI=1S/C21H21ClFN3O5/c1-25-10-21(6-12(7-21)31-2)26-9-13(17(27)18(28)16(26)20(25)30)19(29)24-8-11-4-3-5-14(22)15(11)23/h3-5,9,12,28H,6-8,10H2,1-2H3,(H,24,29)/t12-,21+. The maximum Gasteiger partial charge on any atom is 0.274 e. The van der Waals surface area contributed by atoms with Gasteiger partial charge >= 0.3 is 0 Å². The smallest absolute Gasteiger partial charge is 0.274 e. The van der Waals surface area contributed by atoms with E-state index in [1.165, 1.54) is 27.8 Å². The summed E-state index contributed by atoms with van der Waals surface area (Å²) in [5.41, 5.74) is -1.88. The average molecular weight is 450 g/mol. The quantitative estimate of drug-likeness (QED) is 0.742. The van der Waals surface area contributed by atoms with Gasteiger partial charge in [0.1, 0.15) is 11.4 Å². The van der Waals surface area contributed by atoms with E-state index in [0.717, 1.165) is 0 Å². The minimum Gasteiger partial charge on any atom is -0.503 e. The minimum atomic E-state index is -0.961. The Morgan fingerprint density at radius 2 is 2.10 bits per heavy atom. The molecule has 31 heavy (non-hydrogen) atoms. The molecule has 0 radical (unpaired) electrons. The van der Waals surface area contributed by atoms with Crippen LogP contribution in [0.25, 0.3) is 0 Å². The maximum absolute atomic E-state index is 14.1. The van der Waals surface area contributed by atoms with Crippen LogP contribution in [0.3, 0.4) is 0 Å². The zero-order valence-corrected chi connectivity index (χ0v) is 17.7. The van der Waals surface area contributed by atoms with Gasteiger partial charge in [0.05, 0.1) is 16.7 Å². The summed E-state index contributed by atoms with van der Waals surface area (Å²) < 4.78 is 21.0. The van der Waals surface area contributed by atoms with E-state index in [1.54, 1.807) is 20.2 Å². The lowest BCUT2D eigenvalue weighted by Crippen LogP contribution is -2.61. The number of likely N-dealkylation sites (N-methyl/N-ethyl adjacent to an activating group) is 1. The number of rotatable bonds is 4. The van der Waals surface area contributed by atoms with Crippen LogP contribution in [0, 0.1) is 5.82 Å². The summed E-state index contributed by atoms with van der Waals surface area (Å²) in [5.74, 6) is -2.74. The van der Waals surface area contributed by atoms with Crippen LogP contribution in [0.4, 0.5) is 4.39 Å². The third kappa shape index (κ3) is 3.37. The van der Waals surface area contributed by atoms with E-state index in [2.05, 4.69) is 5.32 Å². The zero-order chi connectivity index (χ0) is 22.5. The van der Waals surface area contributed by atoms with Crippen LogP contribution in [0.1, 0.15) is 39.3 Å². The van der Waals surface area contributed by atoms with Gasteiger partial charge in [-0.25, -0.2) is 4.39 Å². The molecule has 1 spiro atoms. The molecule has 2 amide bonds. The Balaban J connectivity index is 1.70. The Hall–Kier alpha value is -2.91. The van der Waals surface area contributed by atoms with E-state index in [0.29, 0.717) is 19.4 Å². The van der Waals surface area contributed by atoms with Crippen molar-refractivity contribution in [1.82, 2.24) is 14.8 Å². The zero-order valence-electron chi connectivity index (χ0n) is 16.9. The fourth-order valence-corrected chi connectivity index (χ4v) is 4.54. The number of pyridine rings is 1. The van der Waals surface area contributed by atoms with Crippen molar-refractivity contribution in [2.24, 2.45) is 0 Å². The summed E-state index contributed by atoms with van der Waals surface area (Å²) in [6.07, 6.45) is 2.40. The number of carbonyl (C=O) groups is 2. The molecule has 8 nitrogen and oxygen atoms in total. The molecule has 2 aromatic rings. The topological polar surface area (TPSA) is 101 Å². The van der Waals surface area contributed by atoms with Gasteiger partial charge in [-0.1, -0.05) is 23.7 Å². The Bertz CT molecular complexity index is 1140. The van der Waals surface area contributed by atoms with Crippen molar-refractivity contribution in [2.45, 2.75) is 31.0 Å². The van der Waals surface area contributed by atoms with Crippen molar-refractivity contribution in [3.8, 4) is 5.75 Å². The molecule has 1 aromatic heterocycles. The van der Waals surface area contributed by atoms with Crippen molar-refractivity contribution in [2.75, 3.05) is 20.7 Å². The number of ether oxygens (including phenoxy) is 1. The molecule has 1 aliphatic heterocycles. The minimum absolute atomic E-state index is 0.0286. The number of benzene rings is 1. The Morgan fingerprint density at radius 1 is 1.39 bits per heavy atom. The third-order valence-corrected chi connectivity index (χ3v) is 6.33. The van der Waals surface area contributed by atoms with E-state index in [4.69, 9.17) is 16.3 Å². The second-order valence-electron chi connectivity index (χ2n) is 7.99. The third-order valence-electron chi connectivity index (χ3n) is 6.04. The highest BCUT2D eigenvalue weighted by Gasteiger charge is 2.52. The largest absolute Gasteiger partial charge is 0.503 e. The number of methoxy groups -OCH3 is 1. The van der Waals surface area contributed by atoms with Crippen molar-refractivity contribution < 1.29 is 23.8 Å². The molecule has 2 N–H and O–H groups in total. The van der Waals surface area contributed by atoms with Crippen molar-refractivity contribution in [3.63, 3.8) is 0 Å². The van der Waals surface area contributed by atoms with Crippen LogP contribution < -0.4 is 10.7 Å². The van der Waals surface area contributed by atoms with Crippen LogP contribution in [0.15, 0.2) is 29.2 Å². The maximum atomic E-state index is 14.1. The molecule has 0 bridgehead atoms. The molecule has 0 atom stereocenters. The SMILES string of the molecule is CO[C@H]1C[C@]2(CN(C)C(=O)c3c(O)c(=O)c(C(=O)NCc4cccc(Cl)c4F)cn32)C1. The first kappa shape index (κ1) is 21.3. The van der Waals surface area contributed by atoms with Gasteiger partial charge in [-0.2, -0.15) is 0 Å². The first-order valence-corrected chi connectivity index (χ1v) is 10.0. The monoisotopic (exact) mass is 449 g/mol. The van der Waals surface area contributed by atoms with Crippen LogP contribution >= 0.6 is 11.6 Å². The number of carbonyl (C=O) groups excluding carboxylic acids is 2. The first-order valence-electron chi connectivity index (χ1n) is 9.67. The lowest BCUT2D eigenvalue weighted by atomic mass is 9.72. The fourth-order valence-electron chi connectivity index (χ4n) is 4.35. The molecule has 1 fully saturated rings. The number of nitrogens with zero attached hydrogens (tertiary/aromatic N) is 2. The predicted octanol–water partition coefficient (Wildman–Crippen LogP) is 1.87. The highest BCUT2D eigenvalue weighted by atomic mass is 35.5. The number of hydrogen-bond donors (Lipinski definition) is 2. The molecular formula is C21H21ClFN3O5. The summed E-state index contributed by atoms with van der Waals surface area (Å²) >= 11 is 5.75. The molecular weight excluding hydrogens is 429 g/mol. The lowest BCUT2D eigenvalue weighted by Gasteiger charge is -2.53. The fraction of sp³-hybridized carbons (Fsp3) is 0.381. The van der Waals surface area contributed by atoms with Crippen molar-refractivity contribution in [3.05, 3.63) is 62.3 Å². The second kappa shape index (κ2) is 7.65. The molecule has 4 rings (SSSR count). The van der Waals surface area contributed by atoms with Crippen molar-refractivity contribution in [1.29, 1.82) is 0 Å². The van der Waals surface area contributed by atoms with Crippen LogP contribution in [-0.4, -0.2) is 53.2 Å². The molecule has 164 valence electrons. The average Bonchev–Trinajstić information content (AvgIpc) is 2.71. The highest BCUT2D eigenvalue weighted by molar-refractivity contribution is 6.30. The van der Waals surface area contributed by atoms with Crippen LogP contribution in [-0.2, 0) is 16.8 Å². The van der Waals surface area contributed by atoms with Gasteiger partial charge in [-0.05, 0) is 18.9 Å². The first-order chi connectivity index (χ1) is 14.7. The molecule has 1 saturated carbocycles. The summed E-state index contributed by atoms with van der Waals surface area (Å²) in [7, 11) is 3.19. The van der Waals surface area contributed by atoms with Gasteiger partial charge in [0.15, 0.2) is 11.4 Å². The number of amides is 2. The molecule has 10 heteroatoms. The Kier molecular flexibility index (Phi) is 5.26. The van der Waals surface area contributed by atoms with Crippen LogP contribution in [0.2, 0.25) is 5.02 Å². The van der Waals surface area contributed by atoms with Crippen molar-refractivity contribution >= 4 is 23.4 Å². The molecule has 2 aliphatic rings. The number of nitrogens with one attached hydrogen (secondary N) is 1. The van der Waals surface area contributed by atoms with E-state index in [1.807, 2.05) is 0 Å². The van der Waals surface area contributed by atoms with Gasteiger partial charge in [0.25, 0.3) is 11.8 Å². The summed E-state index contributed by atoms with van der Waals surface area (Å²) in [5, 5.41) is 12.9. The van der Waals surface area contributed by atoms with Gasteiger partial charge in [-0.15, -0.1) is 0 Å². The van der Waals surface area contributed by atoms with Gasteiger partial charge < -0.3 is 24.6 Å². The second-order valence-corrected chi connectivity index (χ2v) is 8.39. The number of hydrogen-bond acceptors (Lipinski definition) is 5. The summed E-state index contributed by atoms with van der Waals surface area (Å²) in [6, 6.07) is 4.39. The molecule has 0 unspecified atom stereocenters. The number of fused-ring (bicyclic) bond motifs is 2. The van der Waals surface area contributed by atoms with Crippen LogP contribution in [0.5, 0.6) is 5.75 Å². The molecule has 2 heterocycles. The van der Waals surface area contributed by atoms with E-state index in [-0.39, 0.29) is 34.5 Å². The molecule has 0 saturated heterocycles. The van der Waals surface area contributed by atoms with E-state index in [9.17, 15) is 23.9 Å². The normalized spacial score (nSPS) is 22.3.